The van der Waals surface area contributed by atoms with Gasteiger partial charge < -0.3 is 14.7 Å². The van der Waals surface area contributed by atoms with E-state index in [0.29, 0.717) is 28.0 Å². The minimum Gasteiger partial charge on any atom is -0.465 e. The zero-order valence-electron chi connectivity index (χ0n) is 14.4. The zero-order chi connectivity index (χ0) is 19.1. The largest absolute Gasteiger partial charge is 0.465 e. The summed E-state index contributed by atoms with van der Waals surface area (Å²) in [7, 11) is 0. The summed E-state index contributed by atoms with van der Waals surface area (Å²) in [5, 5.41) is 2.82. The van der Waals surface area contributed by atoms with E-state index in [2.05, 4.69) is 15.3 Å². The number of rotatable bonds is 8. The number of carbonyl (C=O) groups is 2. The normalized spacial score (nSPS) is 16.0. The highest BCUT2D eigenvalue weighted by Crippen LogP contribution is 2.31. The van der Waals surface area contributed by atoms with E-state index in [0.717, 1.165) is 5.69 Å². The number of imidazole rings is 1. The molecule has 9 heteroatoms. The fourth-order valence-electron chi connectivity index (χ4n) is 2.38. The van der Waals surface area contributed by atoms with Gasteiger partial charge in [-0.2, -0.15) is 0 Å². The van der Waals surface area contributed by atoms with Crippen molar-refractivity contribution < 1.29 is 14.0 Å². The highest BCUT2D eigenvalue weighted by atomic mass is 32.2. The lowest BCUT2D eigenvalue weighted by atomic mass is 10.3. The first-order chi connectivity index (χ1) is 13.1. The molecule has 0 aromatic carbocycles. The first-order valence-corrected chi connectivity index (χ1v) is 9.55. The van der Waals surface area contributed by atoms with Gasteiger partial charge in [0, 0.05) is 37.8 Å². The molecule has 140 valence electrons. The number of nitrogens with zero attached hydrogens (tertiary/aromatic N) is 2. The van der Waals surface area contributed by atoms with Crippen LogP contribution in [0.5, 0.6) is 0 Å². The third kappa shape index (κ3) is 5.41. The number of thiocarbonyl (C=S) groups is 1. The van der Waals surface area contributed by atoms with E-state index in [9.17, 15) is 9.59 Å². The molecule has 0 radical (unpaired) electrons. The maximum absolute atomic E-state index is 12.4. The van der Waals surface area contributed by atoms with Crippen molar-refractivity contribution in [3.63, 3.8) is 0 Å². The lowest BCUT2D eigenvalue weighted by Gasteiger charge is -2.14. The Labute approximate surface area is 165 Å². The Morgan fingerprint density at radius 2 is 2.37 bits per heavy atom. The van der Waals surface area contributed by atoms with E-state index in [-0.39, 0.29) is 24.8 Å². The van der Waals surface area contributed by atoms with E-state index in [4.69, 9.17) is 16.6 Å². The maximum atomic E-state index is 12.4. The third-order valence-corrected chi connectivity index (χ3v) is 5.15. The number of aromatic nitrogens is 2. The summed E-state index contributed by atoms with van der Waals surface area (Å²) in [5.74, 6) is 0.401. The molecule has 2 aromatic rings. The molecule has 1 aliphatic rings. The van der Waals surface area contributed by atoms with Gasteiger partial charge in [-0.3, -0.25) is 14.5 Å². The minimum absolute atomic E-state index is 0.120. The highest BCUT2D eigenvalue weighted by Gasteiger charge is 2.31. The van der Waals surface area contributed by atoms with Crippen LogP contribution in [-0.4, -0.2) is 44.1 Å². The Balaban J connectivity index is 1.44. The number of carbonyl (C=O) groups excluding carboxylic acids is 2. The molecule has 3 heterocycles. The first-order valence-electron chi connectivity index (χ1n) is 8.33. The molecule has 1 aliphatic heterocycles. The van der Waals surface area contributed by atoms with E-state index < -0.39 is 0 Å². The molecule has 0 bridgehead atoms. The summed E-state index contributed by atoms with van der Waals surface area (Å²) in [4.78, 5) is 33.3. The number of allylic oxidation sites excluding steroid dienone is 2. The Morgan fingerprint density at radius 1 is 1.48 bits per heavy atom. The summed E-state index contributed by atoms with van der Waals surface area (Å²) in [6.07, 6.45) is 11.0. The molecule has 2 N–H and O–H groups in total. The molecule has 0 unspecified atom stereocenters. The van der Waals surface area contributed by atoms with Gasteiger partial charge in [-0.25, -0.2) is 4.98 Å². The predicted octanol–water partition coefficient (Wildman–Crippen LogP) is 2.51. The third-order valence-electron chi connectivity index (χ3n) is 3.76. The molecule has 0 saturated carbocycles. The minimum atomic E-state index is -0.181. The lowest BCUT2D eigenvalue weighted by molar-refractivity contribution is -0.123. The Bertz CT molecular complexity index is 857. The standard InChI is InChI=1S/C18H18N4O3S2/c23-16(20-8-6-13-11-19-12-21-13)7-9-22-17(24)15(27-18(22)26)5-1-3-14-4-2-10-25-14/h1-5,10-12H,6-9H2,(H,19,21)(H,20,23). The van der Waals surface area contributed by atoms with Crippen molar-refractivity contribution in [1.82, 2.24) is 20.2 Å². The van der Waals surface area contributed by atoms with Crippen LogP contribution < -0.4 is 5.32 Å². The summed E-state index contributed by atoms with van der Waals surface area (Å²) in [6.45, 7) is 0.774. The molecule has 1 saturated heterocycles. The fourth-order valence-corrected chi connectivity index (χ4v) is 3.64. The van der Waals surface area contributed by atoms with E-state index >= 15 is 0 Å². The number of hydrogen-bond donors (Lipinski definition) is 2. The number of H-pyrrole nitrogens is 1. The number of thioether (sulfide) groups is 1. The van der Waals surface area contributed by atoms with E-state index in [1.165, 1.54) is 16.7 Å². The van der Waals surface area contributed by atoms with Crippen LogP contribution in [0.15, 0.2) is 52.4 Å². The molecular formula is C18H18N4O3S2. The quantitative estimate of drug-likeness (QED) is 0.521. The number of furan rings is 1. The Hall–Kier alpha value is -2.65. The van der Waals surface area contributed by atoms with Crippen molar-refractivity contribution in [3.05, 3.63) is 59.4 Å². The molecule has 3 rings (SSSR count). The van der Waals surface area contributed by atoms with E-state index in [1.54, 1.807) is 43.1 Å². The van der Waals surface area contributed by atoms with Crippen molar-refractivity contribution in [2.24, 2.45) is 0 Å². The lowest BCUT2D eigenvalue weighted by Crippen LogP contribution is -2.34. The van der Waals surface area contributed by atoms with Crippen LogP contribution in [0.4, 0.5) is 0 Å². The van der Waals surface area contributed by atoms with Gasteiger partial charge in [0.2, 0.25) is 5.91 Å². The zero-order valence-corrected chi connectivity index (χ0v) is 16.0. The molecule has 1 fully saturated rings. The van der Waals surface area contributed by atoms with Gasteiger partial charge in [-0.15, -0.1) is 0 Å². The van der Waals surface area contributed by atoms with Gasteiger partial charge in [0.05, 0.1) is 17.5 Å². The average molecular weight is 403 g/mol. The van der Waals surface area contributed by atoms with Gasteiger partial charge in [0.15, 0.2) is 0 Å². The predicted molar refractivity (Wildman–Crippen MR) is 108 cm³/mol. The van der Waals surface area contributed by atoms with Crippen molar-refractivity contribution in [2.75, 3.05) is 13.1 Å². The number of nitrogens with one attached hydrogen (secondary N) is 2. The second-order valence-electron chi connectivity index (χ2n) is 5.66. The van der Waals surface area contributed by atoms with Crippen molar-refractivity contribution in [1.29, 1.82) is 0 Å². The highest BCUT2D eigenvalue weighted by molar-refractivity contribution is 8.26. The van der Waals surface area contributed by atoms with E-state index in [1.807, 2.05) is 6.07 Å². The van der Waals surface area contributed by atoms with Gasteiger partial charge >= 0.3 is 0 Å². The summed E-state index contributed by atoms with van der Waals surface area (Å²) >= 11 is 6.49. The van der Waals surface area contributed by atoms with Crippen molar-refractivity contribution >= 4 is 46.2 Å². The van der Waals surface area contributed by atoms with Crippen LogP contribution in [0, 0.1) is 0 Å². The molecule has 0 atom stereocenters. The Morgan fingerprint density at radius 3 is 3.11 bits per heavy atom. The van der Waals surface area contributed by atoms with Crippen LogP contribution in [0.2, 0.25) is 0 Å². The second kappa shape index (κ2) is 9.33. The molecule has 2 aromatic heterocycles. The van der Waals surface area contributed by atoms with Crippen molar-refractivity contribution in [3.8, 4) is 0 Å². The second-order valence-corrected chi connectivity index (χ2v) is 7.33. The average Bonchev–Trinajstić information content (AvgIpc) is 3.38. The monoisotopic (exact) mass is 402 g/mol. The van der Waals surface area contributed by atoms with Crippen LogP contribution >= 0.6 is 24.0 Å². The maximum Gasteiger partial charge on any atom is 0.266 e. The summed E-state index contributed by atoms with van der Waals surface area (Å²) in [5.41, 5.74) is 0.958. The molecule has 7 nitrogen and oxygen atoms in total. The summed E-state index contributed by atoms with van der Waals surface area (Å²) in [6, 6.07) is 3.61. The first kappa shape index (κ1) is 19.1. The van der Waals surface area contributed by atoms with Gasteiger partial charge in [-0.05, 0) is 24.3 Å². The number of amides is 2. The Kier molecular flexibility index (Phi) is 6.61. The number of hydrogen-bond acceptors (Lipinski definition) is 6. The SMILES string of the molecule is O=C(CCN1C(=O)C(=CC=Cc2ccco2)SC1=S)NCCc1cnc[nH]1. The van der Waals surface area contributed by atoms with Crippen LogP contribution in [0.3, 0.4) is 0 Å². The molecule has 0 spiro atoms. The van der Waals surface area contributed by atoms with Gasteiger partial charge in [-0.1, -0.05) is 30.1 Å². The smallest absolute Gasteiger partial charge is 0.266 e. The van der Waals surface area contributed by atoms with Crippen LogP contribution in [0.1, 0.15) is 17.9 Å². The molecule has 0 aliphatic carbocycles. The number of aromatic amines is 1. The molecule has 2 amide bonds. The fraction of sp³-hybridized carbons (Fsp3) is 0.222. The van der Waals surface area contributed by atoms with Crippen molar-refractivity contribution in [2.45, 2.75) is 12.8 Å². The molecular weight excluding hydrogens is 384 g/mol. The summed E-state index contributed by atoms with van der Waals surface area (Å²) < 4.78 is 5.66. The topological polar surface area (TPSA) is 91.2 Å². The van der Waals surface area contributed by atoms with Gasteiger partial charge in [0.1, 0.15) is 10.1 Å². The van der Waals surface area contributed by atoms with Gasteiger partial charge in [0.25, 0.3) is 5.91 Å². The van der Waals surface area contributed by atoms with Crippen LogP contribution in [0.25, 0.3) is 6.08 Å². The van der Waals surface area contributed by atoms with Crippen LogP contribution in [-0.2, 0) is 16.0 Å². The molecule has 27 heavy (non-hydrogen) atoms.